The molecule has 0 unspecified atom stereocenters. The minimum absolute atomic E-state index is 0.0150. The fourth-order valence-corrected chi connectivity index (χ4v) is 2.04. The maximum Gasteiger partial charge on any atom is 0.341 e. The fourth-order valence-electron chi connectivity index (χ4n) is 2.04. The van der Waals surface area contributed by atoms with Crippen LogP contribution in [0.15, 0.2) is 18.2 Å². The average Bonchev–Trinajstić information content (AvgIpc) is 3.35. The van der Waals surface area contributed by atoms with Crippen LogP contribution in [0.25, 0.3) is 0 Å². The third kappa shape index (κ3) is 3.39. The summed E-state index contributed by atoms with van der Waals surface area (Å²) in [6, 6.07) is 4.68. The van der Waals surface area contributed by atoms with E-state index in [-0.39, 0.29) is 23.8 Å². The van der Waals surface area contributed by atoms with Crippen molar-refractivity contribution in [2.75, 3.05) is 25.7 Å². The van der Waals surface area contributed by atoms with E-state index >= 15 is 0 Å². The van der Waals surface area contributed by atoms with Gasteiger partial charge in [-0.3, -0.25) is 9.59 Å². The van der Waals surface area contributed by atoms with Gasteiger partial charge in [-0.25, -0.2) is 4.79 Å². The number of methoxy groups -OCH3 is 2. The molecule has 0 N–H and O–H groups in total. The number of hydrogen-bond donors (Lipinski definition) is 0. The topological polar surface area (TPSA) is 72.9 Å². The number of carbonyl (C=O) groups is 3. The average molecular weight is 291 g/mol. The molecule has 0 bridgehead atoms. The summed E-state index contributed by atoms with van der Waals surface area (Å²) < 4.78 is 9.78. The normalized spacial score (nSPS) is 13.4. The van der Waals surface area contributed by atoms with E-state index in [1.165, 1.54) is 25.2 Å². The SMILES string of the molecule is COC(=O)c1cc(N(C=O)CC(=O)C2CC2)ccc1OC. The first-order valence-electron chi connectivity index (χ1n) is 6.61. The third-order valence-corrected chi connectivity index (χ3v) is 3.41. The summed E-state index contributed by atoms with van der Waals surface area (Å²) in [5, 5.41) is 0. The molecule has 0 saturated heterocycles. The van der Waals surface area contributed by atoms with Crippen LogP contribution in [0.4, 0.5) is 5.69 Å². The van der Waals surface area contributed by atoms with Crippen LogP contribution < -0.4 is 9.64 Å². The molecular weight excluding hydrogens is 274 g/mol. The van der Waals surface area contributed by atoms with E-state index in [4.69, 9.17) is 4.74 Å². The van der Waals surface area contributed by atoms with Crippen molar-refractivity contribution in [1.82, 2.24) is 0 Å². The van der Waals surface area contributed by atoms with E-state index in [0.29, 0.717) is 17.8 Å². The van der Waals surface area contributed by atoms with Crippen molar-refractivity contribution in [3.8, 4) is 5.75 Å². The molecule has 0 heterocycles. The number of amides is 1. The van der Waals surface area contributed by atoms with E-state index in [2.05, 4.69) is 4.74 Å². The van der Waals surface area contributed by atoms with E-state index < -0.39 is 5.97 Å². The molecule has 1 saturated carbocycles. The standard InChI is InChI=1S/C15H17NO5/c1-20-14-6-5-11(7-12(14)15(19)21-2)16(9-17)8-13(18)10-3-4-10/h5-7,9-10H,3-4,8H2,1-2H3. The van der Waals surface area contributed by atoms with Crippen molar-refractivity contribution in [1.29, 1.82) is 0 Å². The third-order valence-electron chi connectivity index (χ3n) is 3.41. The number of esters is 1. The molecule has 1 aliphatic rings. The summed E-state index contributed by atoms with van der Waals surface area (Å²) >= 11 is 0. The van der Waals surface area contributed by atoms with Crippen molar-refractivity contribution in [2.45, 2.75) is 12.8 Å². The maximum absolute atomic E-state index is 11.8. The van der Waals surface area contributed by atoms with Gasteiger partial charge in [0, 0.05) is 11.6 Å². The first-order chi connectivity index (χ1) is 10.1. The number of ketones is 1. The number of benzene rings is 1. The predicted octanol–water partition coefficient (Wildman–Crippen LogP) is 1.42. The second-order valence-corrected chi connectivity index (χ2v) is 4.85. The molecule has 0 spiro atoms. The first-order valence-corrected chi connectivity index (χ1v) is 6.61. The summed E-state index contributed by atoms with van der Waals surface area (Å²) in [4.78, 5) is 36.0. The largest absolute Gasteiger partial charge is 0.496 e. The second kappa shape index (κ2) is 6.39. The Labute approximate surface area is 122 Å². The molecule has 1 amide bonds. The Morgan fingerprint density at radius 2 is 2.05 bits per heavy atom. The highest BCUT2D eigenvalue weighted by Gasteiger charge is 2.30. The summed E-state index contributed by atoms with van der Waals surface area (Å²) in [7, 11) is 2.71. The van der Waals surface area contributed by atoms with Crippen LogP contribution >= 0.6 is 0 Å². The van der Waals surface area contributed by atoms with E-state index in [1.54, 1.807) is 12.1 Å². The number of hydrogen-bond acceptors (Lipinski definition) is 5. The minimum Gasteiger partial charge on any atom is -0.496 e. The molecule has 0 aromatic heterocycles. The Morgan fingerprint density at radius 1 is 1.33 bits per heavy atom. The van der Waals surface area contributed by atoms with Gasteiger partial charge in [0.15, 0.2) is 5.78 Å². The Balaban J connectivity index is 2.26. The Morgan fingerprint density at radius 3 is 2.57 bits per heavy atom. The molecule has 0 atom stereocenters. The summed E-state index contributed by atoms with van der Waals surface area (Å²) in [5.74, 6) is -0.0960. The number of nitrogens with zero attached hydrogens (tertiary/aromatic N) is 1. The molecule has 1 aromatic rings. The monoisotopic (exact) mass is 291 g/mol. The van der Waals surface area contributed by atoms with Crippen LogP contribution in [0, 0.1) is 5.92 Å². The minimum atomic E-state index is -0.562. The highest BCUT2D eigenvalue weighted by Crippen LogP contribution is 2.31. The zero-order valence-electron chi connectivity index (χ0n) is 12.0. The smallest absolute Gasteiger partial charge is 0.341 e. The van der Waals surface area contributed by atoms with Gasteiger partial charge in [-0.05, 0) is 31.0 Å². The van der Waals surface area contributed by atoms with Crippen molar-refractivity contribution in [2.24, 2.45) is 5.92 Å². The lowest BCUT2D eigenvalue weighted by Crippen LogP contribution is -2.29. The number of anilines is 1. The van der Waals surface area contributed by atoms with Crippen LogP contribution in [0.5, 0.6) is 5.75 Å². The number of Topliss-reactive ketones (excluding diaryl/α,β-unsaturated/α-hetero) is 1. The zero-order chi connectivity index (χ0) is 15.4. The van der Waals surface area contributed by atoms with Gasteiger partial charge in [0.1, 0.15) is 11.3 Å². The molecular formula is C15H17NO5. The van der Waals surface area contributed by atoms with Crippen LogP contribution in [0.1, 0.15) is 23.2 Å². The number of carbonyl (C=O) groups excluding carboxylic acids is 3. The highest BCUT2D eigenvalue weighted by molar-refractivity contribution is 5.96. The zero-order valence-corrected chi connectivity index (χ0v) is 12.0. The molecule has 21 heavy (non-hydrogen) atoms. The fraction of sp³-hybridized carbons (Fsp3) is 0.400. The molecule has 112 valence electrons. The number of ether oxygens (including phenoxy) is 2. The summed E-state index contributed by atoms with van der Waals surface area (Å²) in [5.41, 5.74) is 0.670. The Hall–Kier alpha value is -2.37. The maximum atomic E-state index is 11.8. The predicted molar refractivity (Wildman–Crippen MR) is 75.5 cm³/mol. The molecule has 1 aliphatic carbocycles. The van der Waals surface area contributed by atoms with Crippen LogP contribution in [0.2, 0.25) is 0 Å². The van der Waals surface area contributed by atoms with Gasteiger partial charge in [0.2, 0.25) is 6.41 Å². The van der Waals surface area contributed by atoms with Crippen molar-refractivity contribution < 1.29 is 23.9 Å². The first kappa shape index (κ1) is 15.0. The summed E-state index contributed by atoms with van der Waals surface area (Å²) in [6.07, 6.45) is 2.37. The van der Waals surface area contributed by atoms with Crippen LogP contribution in [-0.4, -0.2) is 38.9 Å². The van der Waals surface area contributed by atoms with E-state index in [0.717, 1.165) is 12.8 Å². The van der Waals surface area contributed by atoms with Crippen molar-refractivity contribution in [3.05, 3.63) is 23.8 Å². The van der Waals surface area contributed by atoms with Gasteiger partial charge in [-0.2, -0.15) is 0 Å². The van der Waals surface area contributed by atoms with Crippen LogP contribution in [-0.2, 0) is 14.3 Å². The molecule has 2 rings (SSSR count). The lowest BCUT2D eigenvalue weighted by molar-refractivity contribution is -0.120. The number of rotatable bonds is 7. The van der Waals surface area contributed by atoms with Gasteiger partial charge in [0.05, 0.1) is 20.8 Å². The molecule has 0 aliphatic heterocycles. The quantitative estimate of drug-likeness (QED) is 0.561. The second-order valence-electron chi connectivity index (χ2n) is 4.85. The molecule has 6 heteroatoms. The van der Waals surface area contributed by atoms with Gasteiger partial charge >= 0.3 is 5.97 Å². The van der Waals surface area contributed by atoms with E-state index in [1.807, 2.05) is 0 Å². The highest BCUT2D eigenvalue weighted by atomic mass is 16.5. The molecule has 1 aromatic carbocycles. The van der Waals surface area contributed by atoms with Crippen LogP contribution in [0.3, 0.4) is 0 Å². The van der Waals surface area contributed by atoms with Gasteiger partial charge < -0.3 is 14.4 Å². The van der Waals surface area contributed by atoms with E-state index in [9.17, 15) is 14.4 Å². The van der Waals surface area contributed by atoms with Crippen molar-refractivity contribution in [3.63, 3.8) is 0 Å². The Kier molecular flexibility index (Phi) is 4.57. The molecule has 6 nitrogen and oxygen atoms in total. The Bertz CT molecular complexity index is 565. The summed E-state index contributed by atoms with van der Waals surface area (Å²) in [6.45, 7) is 0.0150. The molecule has 1 fully saturated rings. The van der Waals surface area contributed by atoms with Gasteiger partial charge in [0.25, 0.3) is 0 Å². The van der Waals surface area contributed by atoms with Gasteiger partial charge in [-0.1, -0.05) is 0 Å². The van der Waals surface area contributed by atoms with Crippen molar-refractivity contribution >= 4 is 23.9 Å². The van der Waals surface area contributed by atoms with Gasteiger partial charge in [-0.15, -0.1) is 0 Å². The lowest BCUT2D eigenvalue weighted by Gasteiger charge is -2.18. The lowest BCUT2D eigenvalue weighted by atomic mass is 10.1. The molecule has 0 radical (unpaired) electrons.